The number of rotatable bonds is 7. The van der Waals surface area contributed by atoms with Gasteiger partial charge in [0.25, 0.3) is 0 Å². The first-order valence-electron chi connectivity index (χ1n) is 8.28. The van der Waals surface area contributed by atoms with Crippen molar-refractivity contribution in [2.24, 2.45) is 0 Å². The molecule has 0 aliphatic rings. The largest absolute Gasteiger partial charge is 0.309 e. The molecule has 11 heteroatoms. The number of aromatic nitrogens is 4. The van der Waals surface area contributed by atoms with Crippen molar-refractivity contribution in [3.8, 4) is 0 Å². The summed E-state index contributed by atoms with van der Waals surface area (Å²) in [5.74, 6) is -0.581. The Balaban J connectivity index is 1.60. The monoisotopic (exact) mass is 406 g/mol. The number of nitrogens with zero attached hydrogens (tertiary/aromatic N) is 5. The lowest BCUT2D eigenvalue weighted by molar-refractivity contribution is -0.385. The predicted molar refractivity (Wildman–Crippen MR) is 99.6 cm³/mol. The minimum absolute atomic E-state index is 0.0226. The Morgan fingerprint density at radius 1 is 1.29 bits per heavy atom. The second-order valence-electron chi connectivity index (χ2n) is 6.03. The Labute approximate surface area is 163 Å². The molecule has 146 valence electrons. The van der Waals surface area contributed by atoms with Crippen molar-refractivity contribution in [2.45, 2.75) is 26.4 Å². The van der Waals surface area contributed by atoms with Crippen LogP contribution in [0.2, 0.25) is 5.02 Å². The van der Waals surface area contributed by atoms with Gasteiger partial charge in [-0.2, -0.15) is 10.2 Å². The van der Waals surface area contributed by atoms with Crippen molar-refractivity contribution in [3.63, 3.8) is 0 Å². The molecule has 0 aliphatic heterocycles. The Morgan fingerprint density at radius 2 is 2.04 bits per heavy atom. The zero-order valence-corrected chi connectivity index (χ0v) is 15.6. The highest BCUT2D eigenvalue weighted by Crippen LogP contribution is 2.21. The van der Waals surface area contributed by atoms with Gasteiger partial charge >= 0.3 is 5.69 Å². The van der Waals surface area contributed by atoms with Gasteiger partial charge in [-0.25, -0.2) is 4.39 Å². The highest BCUT2D eigenvalue weighted by molar-refractivity contribution is 6.33. The van der Waals surface area contributed by atoms with E-state index >= 15 is 0 Å². The van der Waals surface area contributed by atoms with Crippen LogP contribution in [0.25, 0.3) is 0 Å². The summed E-state index contributed by atoms with van der Waals surface area (Å²) in [5, 5.41) is 21.8. The topological polar surface area (TPSA) is 108 Å². The van der Waals surface area contributed by atoms with E-state index in [2.05, 4.69) is 15.5 Å². The van der Waals surface area contributed by atoms with Gasteiger partial charge in [0.2, 0.25) is 5.91 Å². The molecule has 0 bridgehead atoms. The van der Waals surface area contributed by atoms with E-state index in [9.17, 15) is 19.3 Å². The van der Waals surface area contributed by atoms with Crippen LogP contribution in [0.3, 0.4) is 0 Å². The van der Waals surface area contributed by atoms with E-state index in [4.69, 9.17) is 11.6 Å². The van der Waals surface area contributed by atoms with E-state index in [1.54, 1.807) is 18.2 Å². The minimum atomic E-state index is -0.527. The first-order valence-corrected chi connectivity index (χ1v) is 8.66. The maximum absolute atomic E-state index is 13.7. The average Bonchev–Trinajstić information content (AvgIpc) is 3.18. The number of carbonyl (C=O) groups is 1. The molecule has 2 aromatic heterocycles. The highest BCUT2D eigenvalue weighted by Gasteiger charge is 2.16. The summed E-state index contributed by atoms with van der Waals surface area (Å²) in [6.45, 7) is 1.85. The zero-order valence-electron chi connectivity index (χ0n) is 14.8. The number of benzene rings is 1. The second kappa shape index (κ2) is 8.17. The number of nitrogens with one attached hydrogen (secondary N) is 1. The molecular formula is C17H16ClFN6O3. The number of aryl methyl sites for hydroxylation is 2. The third kappa shape index (κ3) is 4.52. The van der Waals surface area contributed by atoms with Crippen LogP contribution in [0.5, 0.6) is 0 Å². The van der Waals surface area contributed by atoms with Crippen LogP contribution in [0.15, 0.2) is 36.7 Å². The van der Waals surface area contributed by atoms with Gasteiger partial charge in [0, 0.05) is 24.7 Å². The molecule has 0 atom stereocenters. The Morgan fingerprint density at radius 3 is 2.71 bits per heavy atom. The molecule has 0 saturated carbocycles. The Hall–Kier alpha value is -3.27. The molecule has 1 N–H and O–H groups in total. The molecule has 0 spiro atoms. The number of hydrogen-bond donors (Lipinski definition) is 1. The fourth-order valence-electron chi connectivity index (χ4n) is 2.58. The van der Waals surface area contributed by atoms with Crippen LogP contribution in [-0.4, -0.2) is 30.4 Å². The second-order valence-corrected chi connectivity index (χ2v) is 6.44. The molecule has 0 fully saturated rings. The van der Waals surface area contributed by atoms with Gasteiger partial charge < -0.3 is 5.32 Å². The number of carbonyl (C=O) groups excluding carboxylic acids is 1. The van der Waals surface area contributed by atoms with E-state index in [1.165, 1.54) is 34.7 Å². The van der Waals surface area contributed by atoms with E-state index in [1.807, 2.05) is 0 Å². The molecule has 0 unspecified atom stereocenters. The summed E-state index contributed by atoms with van der Waals surface area (Å²) in [4.78, 5) is 22.4. The standard InChI is InChI=1S/C17H16ClFN6O3/c1-11-15(25(27)28)10-23(21-11)7-6-16(26)20-17-13(18)9-24(22-17)8-12-4-2-3-5-14(12)19/h2-5,9-10H,6-8H2,1H3,(H,20,22,26). The summed E-state index contributed by atoms with van der Waals surface area (Å²) in [7, 11) is 0. The molecule has 3 rings (SSSR count). The number of halogens is 2. The smallest absolute Gasteiger partial charge is 0.308 e. The van der Waals surface area contributed by atoms with Crippen LogP contribution >= 0.6 is 11.6 Å². The highest BCUT2D eigenvalue weighted by atomic mass is 35.5. The SMILES string of the molecule is Cc1nn(CCC(=O)Nc2nn(Cc3ccccc3F)cc2Cl)cc1[N+](=O)[O-]. The Bertz CT molecular complexity index is 1030. The fraction of sp³-hybridized carbons (Fsp3) is 0.235. The lowest BCUT2D eigenvalue weighted by Crippen LogP contribution is -2.15. The normalized spacial score (nSPS) is 10.8. The van der Waals surface area contributed by atoms with Crippen molar-refractivity contribution in [1.29, 1.82) is 0 Å². The summed E-state index contributed by atoms with van der Waals surface area (Å²) in [5.41, 5.74) is 0.617. The van der Waals surface area contributed by atoms with E-state index in [-0.39, 0.29) is 53.5 Å². The maximum atomic E-state index is 13.7. The van der Waals surface area contributed by atoms with Crippen LogP contribution in [0.1, 0.15) is 17.7 Å². The van der Waals surface area contributed by atoms with Crippen LogP contribution in [0.4, 0.5) is 15.9 Å². The van der Waals surface area contributed by atoms with Crippen molar-refractivity contribution in [3.05, 3.63) is 68.9 Å². The van der Waals surface area contributed by atoms with Crippen molar-refractivity contribution >= 4 is 29.0 Å². The lowest BCUT2D eigenvalue weighted by atomic mass is 10.2. The fourth-order valence-corrected chi connectivity index (χ4v) is 2.77. The first kappa shape index (κ1) is 19.5. The molecule has 9 nitrogen and oxygen atoms in total. The average molecular weight is 407 g/mol. The van der Waals surface area contributed by atoms with E-state index in [0.29, 0.717) is 5.56 Å². The van der Waals surface area contributed by atoms with E-state index < -0.39 is 4.92 Å². The molecule has 3 aromatic rings. The predicted octanol–water partition coefficient (Wildman–Crippen LogP) is 3.17. The third-order valence-electron chi connectivity index (χ3n) is 3.95. The molecule has 0 saturated heterocycles. The molecule has 1 amide bonds. The van der Waals surface area contributed by atoms with Crippen molar-refractivity contribution in [1.82, 2.24) is 19.6 Å². The van der Waals surface area contributed by atoms with Gasteiger partial charge in [0.05, 0.1) is 11.5 Å². The summed E-state index contributed by atoms with van der Waals surface area (Å²) in [6.07, 6.45) is 2.79. The van der Waals surface area contributed by atoms with Gasteiger partial charge in [-0.1, -0.05) is 29.8 Å². The summed E-state index contributed by atoms with van der Waals surface area (Å²) in [6, 6.07) is 6.29. The lowest BCUT2D eigenvalue weighted by Gasteiger charge is -2.04. The van der Waals surface area contributed by atoms with Crippen molar-refractivity contribution < 1.29 is 14.1 Å². The molecule has 2 heterocycles. The molecule has 0 radical (unpaired) electrons. The molecule has 0 aliphatic carbocycles. The van der Waals surface area contributed by atoms with Crippen molar-refractivity contribution in [2.75, 3.05) is 5.32 Å². The maximum Gasteiger partial charge on any atom is 0.309 e. The van der Waals surface area contributed by atoms with E-state index in [0.717, 1.165) is 0 Å². The van der Waals surface area contributed by atoms with Crippen LogP contribution in [-0.2, 0) is 17.9 Å². The number of amides is 1. The molecule has 1 aromatic carbocycles. The van der Waals surface area contributed by atoms with Crippen LogP contribution in [0, 0.1) is 22.9 Å². The molecule has 28 heavy (non-hydrogen) atoms. The molecular weight excluding hydrogens is 391 g/mol. The first-order chi connectivity index (χ1) is 13.3. The quantitative estimate of drug-likeness (QED) is 0.479. The van der Waals surface area contributed by atoms with Gasteiger partial charge in [-0.15, -0.1) is 0 Å². The number of anilines is 1. The van der Waals surface area contributed by atoms with Gasteiger partial charge in [0.1, 0.15) is 22.7 Å². The number of hydrogen-bond acceptors (Lipinski definition) is 5. The zero-order chi connectivity index (χ0) is 20.3. The third-order valence-corrected chi connectivity index (χ3v) is 4.23. The van der Waals surface area contributed by atoms with Crippen LogP contribution < -0.4 is 5.32 Å². The van der Waals surface area contributed by atoms with Gasteiger partial charge in [-0.3, -0.25) is 24.3 Å². The van der Waals surface area contributed by atoms with Gasteiger partial charge in [-0.05, 0) is 13.0 Å². The minimum Gasteiger partial charge on any atom is -0.308 e. The summed E-state index contributed by atoms with van der Waals surface area (Å²) < 4.78 is 16.5. The number of nitro groups is 1. The summed E-state index contributed by atoms with van der Waals surface area (Å²) >= 11 is 6.09. The van der Waals surface area contributed by atoms with Gasteiger partial charge in [0.15, 0.2) is 5.82 Å². The Kier molecular flexibility index (Phi) is 5.69.